The quantitative estimate of drug-likeness (QED) is 0.0404. The van der Waals surface area contributed by atoms with Crippen molar-refractivity contribution in [3.63, 3.8) is 0 Å². The summed E-state index contributed by atoms with van der Waals surface area (Å²) in [7, 11) is 4.36. The van der Waals surface area contributed by atoms with Crippen LogP contribution in [-0.2, 0) is 46.2 Å². The molecule has 1 amide bonds. The van der Waals surface area contributed by atoms with Crippen molar-refractivity contribution in [2.75, 3.05) is 34.5 Å². The second kappa shape index (κ2) is 26.9. The van der Waals surface area contributed by atoms with E-state index in [1.54, 1.807) is 0 Å². The van der Waals surface area contributed by atoms with Crippen molar-refractivity contribution >= 4 is 57.1 Å². The Morgan fingerprint density at radius 2 is 1.45 bits per heavy atom. The van der Waals surface area contributed by atoms with E-state index in [-0.39, 0.29) is 43.8 Å². The highest BCUT2D eigenvalue weighted by molar-refractivity contribution is 6.27. The molecule has 3 aromatic heterocycles. The number of rotatable bonds is 26. The van der Waals surface area contributed by atoms with E-state index in [1.165, 1.54) is 71.8 Å². The number of esters is 2. The summed E-state index contributed by atoms with van der Waals surface area (Å²) in [6.07, 6.45) is 15.5. The van der Waals surface area contributed by atoms with Crippen molar-refractivity contribution in [1.82, 2.24) is 25.3 Å². The summed E-state index contributed by atoms with van der Waals surface area (Å²) >= 11 is 0. The maximum Gasteiger partial charge on any atom is 0.310 e. The number of aryl methyl sites for hydroxylation is 3. The minimum atomic E-state index is -0.685. The number of aromatic amines is 2. The smallest absolute Gasteiger partial charge is 0.310 e. The highest BCUT2D eigenvalue weighted by atomic mass is 16.7. The normalized spacial score (nSPS) is 15.9. The highest BCUT2D eigenvalue weighted by Gasteiger charge is 2.36. The van der Waals surface area contributed by atoms with Gasteiger partial charge in [-0.2, -0.15) is 0 Å². The molecule has 4 atom stereocenters. The summed E-state index contributed by atoms with van der Waals surface area (Å²) in [4.78, 5) is 59.5. The van der Waals surface area contributed by atoms with Crippen LogP contribution < -0.4 is 5.32 Å². The lowest BCUT2D eigenvalue weighted by Crippen LogP contribution is -2.34. The number of carbonyl (C=O) groups excluding carboxylic acids is 3. The van der Waals surface area contributed by atoms with Crippen LogP contribution >= 0.6 is 0 Å². The van der Waals surface area contributed by atoms with E-state index in [4.69, 9.17) is 28.9 Å². The molecule has 5 rings (SSSR count). The van der Waals surface area contributed by atoms with Crippen LogP contribution in [-0.4, -0.2) is 78.6 Å². The molecule has 8 bridgehead atoms. The Morgan fingerprint density at radius 3 is 2.08 bits per heavy atom. The molecule has 71 heavy (non-hydrogen) atoms. The molecule has 0 saturated heterocycles. The third-order valence-electron chi connectivity index (χ3n) is 14.9. The molecule has 3 aromatic rings. The Bertz CT molecular complexity index is 2580. The second-order valence-corrected chi connectivity index (χ2v) is 20.7. The molecule has 12 heteroatoms. The topological polar surface area (TPSA) is 158 Å². The third kappa shape index (κ3) is 14.9. The van der Waals surface area contributed by atoms with Gasteiger partial charge in [0.1, 0.15) is 6.61 Å². The molecule has 0 saturated carbocycles. The lowest BCUT2D eigenvalue weighted by atomic mass is 9.84. The Hall–Kier alpha value is -5.33. The summed E-state index contributed by atoms with van der Waals surface area (Å²) < 4.78 is 21.9. The summed E-state index contributed by atoms with van der Waals surface area (Å²) in [6.45, 7) is 26.2. The van der Waals surface area contributed by atoms with Crippen LogP contribution in [0.25, 0.3) is 39.3 Å². The number of aromatic nitrogens is 4. The van der Waals surface area contributed by atoms with Gasteiger partial charge in [-0.25, -0.2) is 4.98 Å². The first kappa shape index (κ1) is 56.6. The van der Waals surface area contributed by atoms with E-state index >= 15 is 0 Å². The predicted octanol–water partition coefficient (Wildman–Crippen LogP) is 13.1. The molecule has 388 valence electrons. The molecule has 0 radical (unpaired) electrons. The zero-order valence-electron chi connectivity index (χ0n) is 45.4. The fourth-order valence-electron chi connectivity index (χ4n) is 10.3. The zero-order valence-corrected chi connectivity index (χ0v) is 45.4. The number of fused-ring (bicyclic) bond motifs is 8. The molecule has 3 N–H and O–H groups in total. The van der Waals surface area contributed by atoms with Crippen LogP contribution in [0.1, 0.15) is 188 Å². The molecule has 5 heterocycles. The average Bonchev–Trinajstić information content (AvgIpc) is 4.02. The van der Waals surface area contributed by atoms with E-state index in [1.807, 2.05) is 31.2 Å². The highest BCUT2D eigenvalue weighted by Crippen LogP contribution is 2.44. The first-order chi connectivity index (χ1) is 33.9. The number of ether oxygens (including phenoxy) is 4. The van der Waals surface area contributed by atoms with Gasteiger partial charge in [-0.3, -0.25) is 19.4 Å². The molecule has 4 unspecified atom stereocenters. The van der Waals surface area contributed by atoms with Gasteiger partial charge in [0, 0.05) is 71.4 Å². The number of nitrogens with zero attached hydrogens (tertiary/aromatic N) is 2. The first-order valence-corrected chi connectivity index (χ1v) is 26.3. The summed E-state index contributed by atoms with van der Waals surface area (Å²) in [6, 6.07) is 6.13. The van der Waals surface area contributed by atoms with Gasteiger partial charge in [-0.05, 0) is 118 Å². The number of amides is 1. The van der Waals surface area contributed by atoms with Crippen LogP contribution in [0.3, 0.4) is 0 Å². The fraction of sp³-hybridized carbons (Fsp3) is 0.576. The number of hydrogen-bond acceptors (Lipinski definition) is 9. The Labute approximate surface area is 424 Å². The van der Waals surface area contributed by atoms with E-state index in [0.717, 1.165) is 81.1 Å². The van der Waals surface area contributed by atoms with Crippen molar-refractivity contribution in [2.45, 2.75) is 171 Å². The van der Waals surface area contributed by atoms with Crippen molar-refractivity contribution < 1.29 is 33.3 Å². The van der Waals surface area contributed by atoms with Crippen LogP contribution in [0, 0.1) is 31.6 Å². The van der Waals surface area contributed by atoms with Crippen molar-refractivity contribution in [3.8, 4) is 0 Å². The monoisotopic (exact) mass is 976 g/mol. The second-order valence-electron chi connectivity index (χ2n) is 20.7. The maximum atomic E-state index is 14.5. The van der Waals surface area contributed by atoms with Crippen LogP contribution in [0.15, 0.2) is 36.4 Å². The van der Waals surface area contributed by atoms with Gasteiger partial charge in [0.2, 0.25) is 0 Å². The zero-order chi connectivity index (χ0) is 51.9. The minimum Gasteiger partial charge on any atom is -0.469 e. The number of carbonyl (C=O) groups is 3. The van der Waals surface area contributed by atoms with Gasteiger partial charge in [-0.15, -0.1) is 0 Å². The van der Waals surface area contributed by atoms with E-state index in [0.29, 0.717) is 46.1 Å². The van der Waals surface area contributed by atoms with E-state index in [9.17, 15) is 14.4 Å². The maximum absolute atomic E-state index is 14.5. The largest absolute Gasteiger partial charge is 0.469 e. The molecule has 0 aromatic carbocycles. The van der Waals surface area contributed by atoms with Gasteiger partial charge >= 0.3 is 11.9 Å². The molecular formula is C59H85N5O7. The van der Waals surface area contributed by atoms with Gasteiger partial charge < -0.3 is 34.2 Å². The number of allylic oxidation sites excluding steroid dienone is 2. The molecule has 2 aliphatic heterocycles. The van der Waals surface area contributed by atoms with Gasteiger partial charge in [0.15, 0.2) is 6.29 Å². The van der Waals surface area contributed by atoms with Crippen molar-refractivity contribution in [3.05, 3.63) is 87.0 Å². The van der Waals surface area contributed by atoms with Crippen LogP contribution in [0.4, 0.5) is 0 Å². The predicted molar refractivity (Wildman–Crippen MR) is 289 cm³/mol. The molecule has 0 spiro atoms. The third-order valence-corrected chi connectivity index (χ3v) is 14.9. The molecule has 2 aliphatic rings. The molecule has 0 fully saturated rings. The number of methoxy groups -OCH3 is 3. The first-order valence-electron chi connectivity index (χ1n) is 26.3. The lowest BCUT2D eigenvalue weighted by molar-refractivity contribution is -0.143. The van der Waals surface area contributed by atoms with Gasteiger partial charge in [0.25, 0.3) is 5.91 Å². The lowest BCUT2D eigenvalue weighted by Gasteiger charge is -2.19. The number of H-pyrrole nitrogens is 2. The molecular weight excluding hydrogens is 891 g/mol. The van der Waals surface area contributed by atoms with Gasteiger partial charge in [-0.1, -0.05) is 105 Å². The fourth-order valence-corrected chi connectivity index (χ4v) is 10.3. The molecule has 12 nitrogen and oxygen atoms in total. The Balaban J connectivity index is 1.48. The Morgan fingerprint density at radius 1 is 0.803 bits per heavy atom. The summed E-state index contributed by atoms with van der Waals surface area (Å²) in [5.74, 6) is 0.521. The SMILES string of the molecule is C=Cc1c(C)c2cc3nc(c(CC(=O)OC)c4nc(cc5[nH]c(cc1[nH]2)c(C)c5CC)C(C)=C4C(=O)NCC(OC)OC)C(CCC(=O)OC/C=C(\C)CCCC(C)CCCC(C)CCCC(C)C)C3C. The van der Waals surface area contributed by atoms with Gasteiger partial charge in [0.05, 0.1) is 42.7 Å². The Kier molecular flexibility index (Phi) is 21.5. The number of hydrogen-bond donors (Lipinski definition) is 3. The molecule has 0 aliphatic carbocycles. The van der Waals surface area contributed by atoms with E-state index in [2.05, 4.69) is 90.2 Å². The summed E-state index contributed by atoms with van der Waals surface area (Å²) in [5, 5.41) is 2.98. The van der Waals surface area contributed by atoms with Crippen LogP contribution in [0.5, 0.6) is 0 Å². The van der Waals surface area contributed by atoms with E-state index < -0.39 is 18.2 Å². The minimum absolute atomic E-state index is 0.0716. The van der Waals surface area contributed by atoms with Crippen molar-refractivity contribution in [2.24, 2.45) is 17.8 Å². The van der Waals surface area contributed by atoms with Crippen molar-refractivity contribution in [1.29, 1.82) is 0 Å². The standard InChI is InChI=1S/C59H85N5O7/c1-15-43-39(8)47-31-49-41(10)45(26-27-53(65)71-29-28-38(7)25-19-24-37(6)23-18-22-36(5)21-17-20-35(3)4)57(63-49)46(30-54(66)68-12)58-56(59(67)60-34-55(69-13)70-14)42(11)50(64-58)33-52-44(16-2)40(9)48(62-52)32-51(43)61-47/h15,28,31-33,35-37,41,45,55,61-62H,1,16-27,29-30,34H2,2-14H3,(H,60,67)/b38-28+,47-31?,48-32?,49-31?,50-33?,51-32?,52-33?,57-46?,58-46?. The van der Waals surface area contributed by atoms with Crippen LogP contribution in [0.2, 0.25) is 0 Å². The summed E-state index contributed by atoms with van der Waals surface area (Å²) in [5.41, 5.74) is 12.6. The number of nitrogens with one attached hydrogen (secondary N) is 3. The average molecular weight is 976 g/mol.